The molecule has 8 heteroatoms. The second-order valence-corrected chi connectivity index (χ2v) is 6.46. The minimum atomic E-state index is -4.46. The molecule has 0 spiro atoms. The van der Waals surface area contributed by atoms with Gasteiger partial charge in [0.1, 0.15) is 0 Å². The Morgan fingerprint density at radius 2 is 1.17 bits per heavy atom. The van der Waals surface area contributed by atoms with Gasteiger partial charge in [-0.3, -0.25) is 4.79 Å². The predicted octanol–water partition coefficient (Wildman–Crippen LogP) is 5.71. The van der Waals surface area contributed by atoms with E-state index in [9.17, 15) is 31.1 Å². The minimum Gasteiger partial charge on any atom is -0.384 e. The largest absolute Gasteiger partial charge is 0.416 e. The lowest BCUT2D eigenvalue weighted by atomic mass is 9.96. The van der Waals surface area contributed by atoms with Gasteiger partial charge in [-0.05, 0) is 47.5 Å². The summed E-state index contributed by atoms with van der Waals surface area (Å²) in [6, 6.07) is 8.81. The number of nitrogens with one attached hydrogen (secondary N) is 1. The Morgan fingerprint density at radius 1 is 0.724 bits per heavy atom. The van der Waals surface area contributed by atoms with Gasteiger partial charge in [-0.2, -0.15) is 26.3 Å². The Kier molecular flexibility index (Phi) is 5.55. The molecular formula is C21H15F6NO. The standard InChI is InChI=1S/C21H15F6NO/c22-20(23,24)15-5-1-13(2-6-15)11-17-18(28-10-9-19(17)29)12-14-3-7-16(8-4-14)21(25,26)27/h1-8,11-12,28H,9-10H2/b17-11+,18-12+. The summed E-state index contributed by atoms with van der Waals surface area (Å²) in [6.45, 7) is 0.357. The van der Waals surface area contributed by atoms with Crippen molar-refractivity contribution < 1.29 is 31.1 Å². The third kappa shape index (κ3) is 5.07. The van der Waals surface area contributed by atoms with E-state index in [2.05, 4.69) is 5.32 Å². The van der Waals surface area contributed by atoms with Gasteiger partial charge in [0.05, 0.1) is 11.1 Å². The van der Waals surface area contributed by atoms with Crippen molar-refractivity contribution in [1.82, 2.24) is 5.32 Å². The van der Waals surface area contributed by atoms with Crippen molar-refractivity contribution in [3.05, 3.63) is 82.1 Å². The summed E-state index contributed by atoms with van der Waals surface area (Å²) in [4.78, 5) is 12.3. The maximum atomic E-state index is 12.7. The van der Waals surface area contributed by atoms with Crippen molar-refractivity contribution in [3.8, 4) is 0 Å². The second-order valence-electron chi connectivity index (χ2n) is 6.46. The summed E-state index contributed by atoms with van der Waals surface area (Å²) in [7, 11) is 0. The summed E-state index contributed by atoms with van der Waals surface area (Å²) in [6.07, 6.45) is -5.70. The molecule has 0 amide bonds. The van der Waals surface area contributed by atoms with Crippen LogP contribution < -0.4 is 5.32 Å². The number of ketones is 1. The molecule has 0 aromatic heterocycles. The smallest absolute Gasteiger partial charge is 0.384 e. The molecule has 0 radical (unpaired) electrons. The summed E-state index contributed by atoms with van der Waals surface area (Å²) >= 11 is 0. The zero-order chi connectivity index (χ0) is 21.2. The second kappa shape index (κ2) is 7.77. The Bertz CT molecular complexity index is 951. The molecule has 0 bridgehead atoms. The first-order valence-corrected chi connectivity index (χ1v) is 8.59. The van der Waals surface area contributed by atoms with Crippen LogP contribution in [-0.4, -0.2) is 12.3 Å². The van der Waals surface area contributed by atoms with Crippen molar-refractivity contribution in [2.24, 2.45) is 0 Å². The summed E-state index contributed by atoms with van der Waals surface area (Å²) in [5.41, 5.74) is -0.0604. The van der Waals surface area contributed by atoms with Crippen molar-refractivity contribution in [2.45, 2.75) is 18.8 Å². The highest BCUT2D eigenvalue weighted by Crippen LogP contribution is 2.31. The van der Waals surface area contributed by atoms with Crippen LogP contribution in [0.3, 0.4) is 0 Å². The molecule has 1 aliphatic heterocycles. The predicted molar refractivity (Wildman–Crippen MR) is 96.5 cm³/mol. The van der Waals surface area contributed by atoms with Crippen molar-refractivity contribution >= 4 is 17.9 Å². The molecule has 2 nitrogen and oxygen atoms in total. The molecule has 1 heterocycles. The lowest BCUT2D eigenvalue weighted by Crippen LogP contribution is -2.28. The van der Waals surface area contributed by atoms with E-state index >= 15 is 0 Å². The van der Waals surface area contributed by atoms with Crippen molar-refractivity contribution in [3.63, 3.8) is 0 Å². The number of halogens is 6. The van der Waals surface area contributed by atoms with Crippen LogP contribution in [0.4, 0.5) is 26.3 Å². The summed E-state index contributed by atoms with van der Waals surface area (Å²) < 4.78 is 76.1. The molecule has 152 valence electrons. The van der Waals surface area contributed by atoms with E-state index in [-0.39, 0.29) is 17.8 Å². The molecule has 1 saturated heterocycles. The van der Waals surface area contributed by atoms with Gasteiger partial charge in [-0.25, -0.2) is 0 Å². The molecule has 2 aromatic rings. The maximum Gasteiger partial charge on any atom is 0.416 e. The number of piperidine rings is 1. The molecule has 1 N–H and O–H groups in total. The fraction of sp³-hybridized carbons (Fsp3) is 0.190. The van der Waals surface area contributed by atoms with E-state index in [0.717, 1.165) is 24.3 Å². The molecule has 3 rings (SSSR count). The average molecular weight is 411 g/mol. The van der Waals surface area contributed by atoms with Crippen LogP contribution in [0.1, 0.15) is 28.7 Å². The van der Waals surface area contributed by atoms with Crippen molar-refractivity contribution in [2.75, 3.05) is 6.54 Å². The van der Waals surface area contributed by atoms with Gasteiger partial charge in [0, 0.05) is 24.2 Å². The zero-order valence-electron chi connectivity index (χ0n) is 14.9. The Balaban J connectivity index is 1.92. The molecule has 29 heavy (non-hydrogen) atoms. The van der Waals surface area contributed by atoms with E-state index < -0.39 is 23.5 Å². The van der Waals surface area contributed by atoms with Crippen LogP contribution >= 0.6 is 0 Å². The number of rotatable bonds is 2. The molecular weight excluding hydrogens is 396 g/mol. The number of carbonyl (C=O) groups excluding carboxylic acids is 1. The number of Topliss-reactive ketones (excluding diaryl/α,β-unsaturated/α-hetero) is 1. The first-order valence-electron chi connectivity index (χ1n) is 8.59. The number of hydrogen-bond donors (Lipinski definition) is 1. The van der Waals surface area contributed by atoms with Crippen LogP contribution in [0.15, 0.2) is 59.8 Å². The van der Waals surface area contributed by atoms with Gasteiger partial charge in [-0.15, -0.1) is 0 Å². The average Bonchev–Trinajstić information content (AvgIpc) is 2.64. The Labute approximate surface area is 162 Å². The van der Waals surface area contributed by atoms with Gasteiger partial charge in [0.15, 0.2) is 5.78 Å². The molecule has 0 aliphatic carbocycles. The fourth-order valence-electron chi connectivity index (χ4n) is 2.85. The van der Waals surface area contributed by atoms with Gasteiger partial charge in [0.2, 0.25) is 0 Å². The third-order valence-electron chi connectivity index (χ3n) is 4.36. The lowest BCUT2D eigenvalue weighted by molar-refractivity contribution is -0.138. The van der Waals surface area contributed by atoms with E-state index in [1.807, 2.05) is 0 Å². The molecule has 1 aliphatic rings. The molecule has 0 saturated carbocycles. The molecule has 1 fully saturated rings. The number of carbonyl (C=O) groups is 1. The summed E-state index contributed by atoms with van der Waals surface area (Å²) in [5, 5.41) is 3.02. The van der Waals surface area contributed by atoms with E-state index in [4.69, 9.17) is 0 Å². The highest BCUT2D eigenvalue weighted by Gasteiger charge is 2.30. The molecule has 0 unspecified atom stereocenters. The van der Waals surface area contributed by atoms with Crippen LogP contribution in [0.2, 0.25) is 0 Å². The zero-order valence-corrected chi connectivity index (χ0v) is 14.9. The SMILES string of the molecule is O=C1CCNC(=C/c2ccc(C(F)(F)F)cc2)/C1=C\c1ccc(C(F)(F)F)cc1. The first-order chi connectivity index (χ1) is 13.5. The number of allylic oxidation sites excluding steroid dienone is 1. The highest BCUT2D eigenvalue weighted by atomic mass is 19.4. The lowest BCUT2D eigenvalue weighted by Gasteiger charge is -2.20. The van der Waals surface area contributed by atoms with Crippen LogP contribution in [-0.2, 0) is 17.1 Å². The Hall–Kier alpha value is -3.03. The van der Waals surface area contributed by atoms with Gasteiger partial charge < -0.3 is 5.32 Å². The summed E-state index contributed by atoms with van der Waals surface area (Å²) in [5.74, 6) is -0.207. The molecule has 0 atom stereocenters. The number of benzene rings is 2. The van der Waals surface area contributed by atoms with Gasteiger partial charge in [-0.1, -0.05) is 24.3 Å². The fourth-order valence-corrected chi connectivity index (χ4v) is 2.85. The van der Waals surface area contributed by atoms with Crippen LogP contribution in [0, 0.1) is 0 Å². The molecule has 2 aromatic carbocycles. The van der Waals surface area contributed by atoms with E-state index in [0.29, 0.717) is 23.4 Å². The van der Waals surface area contributed by atoms with Crippen LogP contribution in [0.25, 0.3) is 12.2 Å². The first kappa shape index (κ1) is 20.7. The van der Waals surface area contributed by atoms with Gasteiger partial charge in [0.25, 0.3) is 0 Å². The third-order valence-corrected chi connectivity index (χ3v) is 4.36. The van der Waals surface area contributed by atoms with E-state index in [1.54, 1.807) is 0 Å². The quantitative estimate of drug-likeness (QED) is 0.507. The van der Waals surface area contributed by atoms with Crippen LogP contribution in [0.5, 0.6) is 0 Å². The highest BCUT2D eigenvalue weighted by molar-refractivity contribution is 6.05. The number of hydrogen-bond acceptors (Lipinski definition) is 2. The minimum absolute atomic E-state index is 0.205. The topological polar surface area (TPSA) is 29.1 Å². The maximum absolute atomic E-state index is 12.7. The Morgan fingerprint density at radius 3 is 1.62 bits per heavy atom. The monoisotopic (exact) mass is 411 g/mol. The number of alkyl halides is 6. The normalized spacial score (nSPS) is 18.2. The van der Waals surface area contributed by atoms with E-state index in [1.165, 1.54) is 36.4 Å². The van der Waals surface area contributed by atoms with Crippen molar-refractivity contribution in [1.29, 1.82) is 0 Å². The van der Waals surface area contributed by atoms with Gasteiger partial charge >= 0.3 is 12.4 Å².